The van der Waals surface area contributed by atoms with Gasteiger partial charge in [-0.3, -0.25) is 10.5 Å². The number of carbonyl (C=O) groups is 1. The van der Waals surface area contributed by atoms with Gasteiger partial charge in [0.2, 0.25) is 10.0 Å². The van der Waals surface area contributed by atoms with E-state index in [-0.39, 0.29) is 12.4 Å². The zero-order chi connectivity index (χ0) is 21.8. The van der Waals surface area contributed by atoms with E-state index in [1.807, 2.05) is 30.3 Å². The summed E-state index contributed by atoms with van der Waals surface area (Å²) in [6, 6.07) is 15.2. The minimum atomic E-state index is -3.61. The second-order valence-electron chi connectivity index (χ2n) is 6.79. The Hall–Kier alpha value is -2.78. The van der Waals surface area contributed by atoms with Crippen LogP contribution in [0.3, 0.4) is 0 Å². The van der Waals surface area contributed by atoms with Crippen molar-refractivity contribution in [2.75, 3.05) is 24.1 Å². The van der Waals surface area contributed by atoms with E-state index in [2.05, 4.69) is 10.0 Å². The van der Waals surface area contributed by atoms with Gasteiger partial charge in [0.05, 0.1) is 12.9 Å². The highest BCUT2D eigenvalue weighted by molar-refractivity contribution is 7.92. The molecule has 9 heteroatoms. The van der Waals surface area contributed by atoms with Crippen LogP contribution in [0.1, 0.15) is 24.8 Å². The third-order valence-electron chi connectivity index (χ3n) is 4.25. The van der Waals surface area contributed by atoms with E-state index in [9.17, 15) is 13.2 Å². The summed E-state index contributed by atoms with van der Waals surface area (Å²) in [5.41, 5.74) is 9.33. The number of methoxy groups -OCH3 is 1. The van der Waals surface area contributed by atoms with Crippen LogP contribution in [0.25, 0.3) is 0 Å². The Kier molecular flexibility index (Phi) is 9.43. The zero-order valence-electron chi connectivity index (χ0n) is 17.0. The number of nitrogens with one attached hydrogen (secondary N) is 3. The number of alkyl carbamates (subject to hydrolysis) is 1. The van der Waals surface area contributed by atoms with Gasteiger partial charge in [0.15, 0.2) is 0 Å². The average molecular weight is 435 g/mol. The molecule has 0 aliphatic rings. The van der Waals surface area contributed by atoms with E-state index in [0.717, 1.165) is 5.56 Å². The van der Waals surface area contributed by atoms with Crippen molar-refractivity contribution in [3.05, 3.63) is 60.2 Å². The minimum absolute atomic E-state index is 0.209. The molecule has 2 rings (SSSR count). The molecule has 0 fully saturated rings. The molecule has 0 aliphatic carbocycles. The molecule has 0 bridgehead atoms. The van der Waals surface area contributed by atoms with Gasteiger partial charge in [-0.1, -0.05) is 36.8 Å². The molecule has 0 aliphatic heterocycles. The third-order valence-corrected chi connectivity index (χ3v) is 5.63. The predicted molar refractivity (Wildman–Crippen MR) is 116 cm³/mol. The molecular formula is C21H28N3O5S. The number of amides is 1. The van der Waals surface area contributed by atoms with Crippen LogP contribution in [0.5, 0.6) is 5.75 Å². The SMILES string of the molecule is COc1ccc(NS(=O)(=O)CC([NH])CCCCNC(=O)OCc2ccccc2)cc1. The van der Waals surface area contributed by atoms with Crippen LogP contribution in [-0.4, -0.2) is 40.0 Å². The molecule has 1 amide bonds. The number of carbonyl (C=O) groups excluding carboxylic acids is 1. The van der Waals surface area contributed by atoms with Crippen LogP contribution in [0.15, 0.2) is 54.6 Å². The lowest BCUT2D eigenvalue weighted by molar-refractivity contribution is 0.139. The van der Waals surface area contributed by atoms with E-state index in [1.165, 1.54) is 7.11 Å². The highest BCUT2D eigenvalue weighted by atomic mass is 32.2. The van der Waals surface area contributed by atoms with Crippen molar-refractivity contribution in [2.24, 2.45) is 0 Å². The maximum atomic E-state index is 12.2. The normalized spacial score (nSPS) is 12.1. The summed E-state index contributed by atoms with van der Waals surface area (Å²) in [7, 11) is -2.08. The number of unbranched alkanes of at least 4 members (excludes halogenated alkanes) is 1. The fraction of sp³-hybridized carbons (Fsp3) is 0.381. The van der Waals surface area contributed by atoms with Gasteiger partial charge in [0.1, 0.15) is 12.4 Å². The van der Waals surface area contributed by atoms with Gasteiger partial charge < -0.3 is 14.8 Å². The van der Waals surface area contributed by atoms with Crippen LogP contribution < -0.4 is 20.5 Å². The summed E-state index contributed by atoms with van der Waals surface area (Å²) in [6.07, 6.45) is 1.20. The van der Waals surface area contributed by atoms with Crippen molar-refractivity contribution in [1.82, 2.24) is 11.1 Å². The molecule has 163 valence electrons. The van der Waals surface area contributed by atoms with Gasteiger partial charge in [0.25, 0.3) is 0 Å². The molecule has 0 saturated carbocycles. The molecule has 8 nitrogen and oxygen atoms in total. The van der Waals surface area contributed by atoms with Gasteiger partial charge in [-0.05, 0) is 42.7 Å². The van der Waals surface area contributed by atoms with Gasteiger partial charge in [-0.2, -0.15) is 0 Å². The maximum absolute atomic E-state index is 12.2. The molecule has 0 aromatic heterocycles. The van der Waals surface area contributed by atoms with Crippen molar-refractivity contribution >= 4 is 21.8 Å². The van der Waals surface area contributed by atoms with E-state index in [4.69, 9.17) is 15.2 Å². The number of anilines is 1. The lowest BCUT2D eigenvalue weighted by Crippen LogP contribution is -2.28. The topological polar surface area (TPSA) is 118 Å². The summed E-state index contributed by atoms with van der Waals surface area (Å²) in [5, 5.41) is 2.65. The number of ether oxygens (including phenoxy) is 2. The molecule has 0 heterocycles. The number of hydrogen-bond donors (Lipinski definition) is 2. The highest BCUT2D eigenvalue weighted by Gasteiger charge is 2.16. The minimum Gasteiger partial charge on any atom is -0.497 e. The Morgan fingerprint density at radius 3 is 2.43 bits per heavy atom. The molecule has 3 N–H and O–H groups in total. The predicted octanol–water partition coefficient (Wildman–Crippen LogP) is 3.19. The van der Waals surface area contributed by atoms with Crippen LogP contribution in [0.4, 0.5) is 10.5 Å². The van der Waals surface area contributed by atoms with Crippen molar-refractivity contribution in [3.8, 4) is 5.75 Å². The number of hydrogen-bond acceptors (Lipinski definition) is 5. The maximum Gasteiger partial charge on any atom is 0.407 e. The van der Waals surface area contributed by atoms with Crippen molar-refractivity contribution in [1.29, 1.82) is 0 Å². The van der Waals surface area contributed by atoms with Gasteiger partial charge in [0, 0.05) is 18.3 Å². The monoisotopic (exact) mass is 434 g/mol. The molecule has 1 unspecified atom stereocenters. The first-order valence-electron chi connectivity index (χ1n) is 9.68. The fourth-order valence-electron chi connectivity index (χ4n) is 2.71. The van der Waals surface area contributed by atoms with Crippen molar-refractivity contribution in [3.63, 3.8) is 0 Å². The summed E-state index contributed by atoms with van der Waals surface area (Å²) < 4.78 is 37.0. The summed E-state index contributed by atoms with van der Waals surface area (Å²) >= 11 is 0. The second-order valence-corrected chi connectivity index (χ2v) is 8.56. The Labute approximate surface area is 177 Å². The van der Waals surface area contributed by atoms with Crippen LogP contribution in [0.2, 0.25) is 0 Å². The lowest BCUT2D eigenvalue weighted by atomic mass is 10.1. The second kappa shape index (κ2) is 12.0. The van der Waals surface area contributed by atoms with Gasteiger partial charge in [-0.15, -0.1) is 0 Å². The van der Waals surface area contributed by atoms with Crippen LogP contribution in [-0.2, 0) is 21.4 Å². The van der Waals surface area contributed by atoms with E-state index in [0.29, 0.717) is 37.2 Å². The Bertz CT molecular complexity index is 873. The third kappa shape index (κ3) is 9.15. The van der Waals surface area contributed by atoms with Gasteiger partial charge >= 0.3 is 6.09 Å². The summed E-state index contributed by atoms with van der Waals surface area (Å²) in [6.45, 7) is 0.623. The standard InChI is InChI=1S/C21H28N3O5S/c1-28-20-12-10-19(11-13-20)24-30(26,27)16-18(22)9-5-6-14-23-21(25)29-15-17-7-3-2-4-8-17/h2-4,7-8,10-13,18,22,24H,5-6,9,14-16H2,1H3,(H,23,25). The number of rotatable bonds is 12. The molecular weight excluding hydrogens is 406 g/mol. The first-order valence-corrected chi connectivity index (χ1v) is 11.3. The number of sulfonamides is 1. The Morgan fingerprint density at radius 1 is 1.07 bits per heavy atom. The summed E-state index contributed by atoms with van der Waals surface area (Å²) in [4.78, 5) is 11.6. The van der Waals surface area contributed by atoms with Crippen LogP contribution in [0, 0.1) is 0 Å². The average Bonchev–Trinajstić information content (AvgIpc) is 2.72. The van der Waals surface area contributed by atoms with E-state index in [1.54, 1.807) is 24.3 Å². The summed E-state index contributed by atoms with van der Waals surface area (Å²) in [5.74, 6) is 0.347. The smallest absolute Gasteiger partial charge is 0.407 e. The highest BCUT2D eigenvalue weighted by Crippen LogP contribution is 2.16. The molecule has 0 saturated heterocycles. The molecule has 30 heavy (non-hydrogen) atoms. The first kappa shape index (κ1) is 23.5. The molecule has 2 aromatic carbocycles. The van der Waals surface area contributed by atoms with Gasteiger partial charge in [-0.25, -0.2) is 13.2 Å². The molecule has 1 atom stereocenters. The van der Waals surface area contributed by atoms with Crippen LogP contribution >= 0.6 is 0 Å². The van der Waals surface area contributed by atoms with E-state index < -0.39 is 22.2 Å². The van der Waals surface area contributed by atoms with Crippen molar-refractivity contribution < 1.29 is 22.7 Å². The zero-order valence-corrected chi connectivity index (χ0v) is 17.8. The first-order chi connectivity index (χ1) is 14.4. The number of benzene rings is 2. The van der Waals surface area contributed by atoms with E-state index >= 15 is 0 Å². The van der Waals surface area contributed by atoms with Crippen molar-refractivity contribution in [2.45, 2.75) is 31.9 Å². The largest absolute Gasteiger partial charge is 0.497 e. The fourth-order valence-corrected chi connectivity index (χ4v) is 3.98. The Morgan fingerprint density at radius 2 is 1.77 bits per heavy atom. The lowest BCUT2D eigenvalue weighted by Gasteiger charge is -2.13. The molecule has 2 aromatic rings. The molecule has 0 spiro atoms. The quantitative estimate of drug-likeness (QED) is 0.498. The Balaban J connectivity index is 1.59. The molecule has 1 radical (unpaired) electrons.